The van der Waals surface area contributed by atoms with Gasteiger partial charge in [-0.15, -0.1) is 0 Å². The van der Waals surface area contributed by atoms with Gasteiger partial charge in [-0.2, -0.15) is 5.10 Å². The molecule has 29 heavy (non-hydrogen) atoms. The molecular formula is C21H22N4O3S. The summed E-state index contributed by atoms with van der Waals surface area (Å²) in [4.78, 5) is 13.7. The van der Waals surface area contributed by atoms with Crippen molar-refractivity contribution in [1.29, 1.82) is 0 Å². The maximum absolute atomic E-state index is 12.8. The number of nitrogens with zero attached hydrogens (tertiary/aromatic N) is 3. The highest BCUT2D eigenvalue weighted by molar-refractivity contribution is 7.92. The molecule has 0 unspecified atom stereocenters. The molecule has 4 rings (SSSR count). The summed E-state index contributed by atoms with van der Waals surface area (Å²) < 4.78 is 30.0. The number of aromatic nitrogens is 2. The number of hydrogen-bond acceptors (Lipinski definition) is 4. The monoisotopic (exact) mass is 410 g/mol. The number of amides is 1. The molecule has 1 amide bonds. The Hall–Kier alpha value is -3.13. The van der Waals surface area contributed by atoms with Crippen LogP contribution >= 0.6 is 0 Å². The van der Waals surface area contributed by atoms with Crippen molar-refractivity contribution in [2.75, 3.05) is 16.2 Å². The van der Waals surface area contributed by atoms with E-state index in [1.807, 2.05) is 30.3 Å². The van der Waals surface area contributed by atoms with Crippen LogP contribution in [0.1, 0.15) is 24.5 Å². The molecular weight excluding hydrogens is 388 g/mol. The maximum atomic E-state index is 12.8. The summed E-state index contributed by atoms with van der Waals surface area (Å²) >= 11 is 0. The van der Waals surface area contributed by atoms with Crippen molar-refractivity contribution < 1.29 is 13.2 Å². The summed E-state index contributed by atoms with van der Waals surface area (Å²) in [5.41, 5.74) is 3.14. The lowest BCUT2D eigenvalue weighted by molar-refractivity contribution is -0.116. The van der Waals surface area contributed by atoms with Crippen LogP contribution in [-0.4, -0.2) is 30.7 Å². The molecule has 0 bridgehead atoms. The number of hydrogen-bond donors (Lipinski definition) is 1. The first kappa shape index (κ1) is 19.2. The fourth-order valence-electron chi connectivity index (χ4n) is 3.56. The van der Waals surface area contributed by atoms with Crippen molar-refractivity contribution in [2.24, 2.45) is 0 Å². The van der Waals surface area contributed by atoms with Gasteiger partial charge in [-0.25, -0.2) is 8.42 Å². The van der Waals surface area contributed by atoms with Gasteiger partial charge in [0, 0.05) is 25.4 Å². The summed E-state index contributed by atoms with van der Waals surface area (Å²) in [6.45, 7) is 2.74. The molecule has 8 heteroatoms. The van der Waals surface area contributed by atoms with Gasteiger partial charge in [0.05, 0.1) is 23.3 Å². The Kier molecular flexibility index (Phi) is 5.10. The highest BCUT2D eigenvalue weighted by atomic mass is 32.2. The molecule has 0 fully saturated rings. The lowest BCUT2D eigenvalue weighted by atomic mass is 10.0. The number of nitrogens with one attached hydrogen (secondary N) is 1. The molecule has 0 saturated heterocycles. The van der Waals surface area contributed by atoms with Gasteiger partial charge in [0.15, 0.2) is 0 Å². The Balaban J connectivity index is 1.53. The summed E-state index contributed by atoms with van der Waals surface area (Å²) in [5.74, 6) is -0.0366. The van der Waals surface area contributed by atoms with Gasteiger partial charge in [-0.3, -0.25) is 14.2 Å². The average Bonchev–Trinajstić information content (AvgIpc) is 3.13. The third-order valence-corrected chi connectivity index (χ3v) is 6.31. The number of fused-ring (bicyclic) bond motifs is 1. The molecule has 1 aliphatic rings. The highest BCUT2D eigenvalue weighted by Crippen LogP contribution is 2.30. The molecule has 0 spiro atoms. The van der Waals surface area contributed by atoms with E-state index in [0.29, 0.717) is 18.8 Å². The normalized spacial score (nSPS) is 13.8. The summed E-state index contributed by atoms with van der Waals surface area (Å²) in [7, 11) is -3.75. The van der Waals surface area contributed by atoms with E-state index in [9.17, 15) is 13.2 Å². The van der Waals surface area contributed by atoms with Gasteiger partial charge in [0.1, 0.15) is 0 Å². The molecule has 0 radical (unpaired) electrons. The Bertz CT molecular complexity index is 1140. The molecule has 2 aromatic carbocycles. The average molecular weight is 410 g/mol. The van der Waals surface area contributed by atoms with E-state index < -0.39 is 10.0 Å². The van der Waals surface area contributed by atoms with Crippen molar-refractivity contribution in [3.05, 3.63) is 72.1 Å². The number of aryl methyl sites for hydroxylation is 1. The summed E-state index contributed by atoms with van der Waals surface area (Å²) in [5, 5.41) is 4.23. The van der Waals surface area contributed by atoms with E-state index in [0.717, 1.165) is 29.7 Å². The van der Waals surface area contributed by atoms with Gasteiger partial charge in [0.2, 0.25) is 5.91 Å². The van der Waals surface area contributed by atoms with Crippen molar-refractivity contribution in [3.8, 4) is 0 Å². The Morgan fingerprint density at radius 2 is 1.97 bits per heavy atom. The minimum atomic E-state index is -3.75. The number of benzene rings is 2. The second-order valence-corrected chi connectivity index (χ2v) is 8.76. The van der Waals surface area contributed by atoms with Crippen LogP contribution in [0, 0.1) is 0 Å². The van der Waals surface area contributed by atoms with Crippen LogP contribution in [-0.2, 0) is 27.8 Å². The van der Waals surface area contributed by atoms with Crippen LogP contribution in [0.25, 0.3) is 0 Å². The van der Waals surface area contributed by atoms with Crippen LogP contribution in [0.2, 0.25) is 0 Å². The zero-order valence-corrected chi connectivity index (χ0v) is 16.9. The second-order valence-electron chi connectivity index (χ2n) is 7.08. The van der Waals surface area contributed by atoms with Crippen molar-refractivity contribution in [1.82, 2.24) is 9.78 Å². The first-order chi connectivity index (χ1) is 13.9. The molecule has 7 nitrogen and oxygen atoms in total. The van der Waals surface area contributed by atoms with Gasteiger partial charge >= 0.3 is 0 Å². The quantitative estimate of drug-likeness (QED) is 0.701. The third kappa shape index (κ3) is 4.17. The zero-order chi connectivity index (χ0) is 20.4. The van der Waals surface area contributed by atoms with Gasteiger partial charge in [-0.1, -0.05) is 30.3 Å². The first-order valence-electron chi connectivity index (χ1n) is 9.42. The molecule has 2 heterocycles. The Morgan fingerprint density at radius 3 is 2.72 bits per heavy atom. The van der Waals surface area contributed by atoms with Crippen molar-refractivity contribution in [3.63, 3.8) is 0 Å². The molecule has 1 N–H and O–H groups in total. The van der Waals surface area contributed by atoms with E-state index in [2.05, 4.69) is 9.82 Å². The molecule has 0 saturated carbocycles. The van der Waals surface area contributed by atoms with Crippen LogP contribution in [0.15, 0.2) is 65.8 Å². The molecule has 1 aliphatic heterocycles. The maximum Gasteiger partial charge on any atom is 0.262 e. The molecule has 0 atom stereocenters. The third-order valence-electron chi connectivity index (χ3n) is 4.93. The number of rotatable bonds is 5. The standard InChI is InChI=1S/C21H22N4O3S/c1-16(26)25-11-5-8-18-12-20(9-10-21(18)25)29(27,28)23-19-13-22-24(15-19)14-17-6-3-2-4-7-17/h2-4,6-7,9-10,12-13,15,23H,5,8,11,14H2,1H3. The fourth-order valence-corrected chi connectivity index (χ4v) is 4.63. The number of carbonyl (C=O) groups excluding carboxylic acids is 1. The van der Waals surface area contributed by atoms with E-state index in [4.69, 9.17) is 0 Å². The highest BCUT2D eigenvalue weighted by Gasteiger charge is 2.23. The Labute approximate surface area is 170 Å². The number of carbonyl (C=O) groups is 1. The van der Waals surface area contributed by atoms with Gasteiger partial charge in [0.25, 0.3) is 10.0 Å². The largest absolute Gasteiger partial charge is 0.312 e. The number of sulfonamides is 1. The van der Waals surface area contributed by atoms with E-state index in [-0.39, 0.29) is 10.8 Å². The van der Waals surface area contributed by atoms with E-state index >= 15 is 0 Å². The van der Waals surface area contributed by atoms with Crippen molar-refractivity contribution >= 4 is 27.3 Å². The first-order valence-corrected chi connectivity index (χ1v) is 10.9. The van der Waals surface area contributed by atoms with Crippen LogP contribution in [0.3, 0.4) is 0 Å². The SMILES string of the molecule is CC(=O)N1CCCc2cc(S(=O)(=O)Nc3cnn(Cc4ccccc4)c3)ccc21. The second kappa shape index (κ2) is 7.71. The van der Waals surface area contributed by atoms with Gasteiger partial charge in [-0.05, 0) is 42.2 Å². The minimum Gasteiger partial charge on any atom is -0.312 e. The van der Waals surface area contributed by atoms with Crippen LogP contribution < -0.4 is 9.62 Å². The topological polar surface area (TPSA) is 84.3 Å². The lowest BCUT2D eigenvalue weighted by Crippen LogP contribution is -2.33. The molecule has 150 valence electrons. The van der Waals surface area contributed by atoms with E-state index in [1.165, 1.54) is 19.2 Å². The molecule has 1 aromatic heterocycles. The van der Waals surface area contributed by atoms with Crippen molar-refractivity contribution in [2.45, 2.75) is 31.2 Å². The summed E-state index contributed by atoms with van der Waals surface area (Å²) in [6, 6.07) is 14.7. The molecule has 3 aromatic rings. The zero-order valence-electron chi connectivity index (χ0n) is 16.1. The Morgan fingerprint density at radius 1 is 1.17 bits per heavy atom. The van der Waals surface area contributed by atoms with Crippen LogP contribution in [0.5, 0.6) is 0 Å². The predicted molar refractivity (Wildman–Crippen MR) is 111 cm³/mol. The fraction of sp³-hybridized carbons (Fsp3) is 0.238. The van der Waals surface area contributed by atoms with Crippen LogP contribution in [0.4, 0.5) is 11.4 Å². The van der Waals surface area contributed by atoms with E-state index in [1.54, 1.807) is 27.9 Å². The smallest absolute Gasteiger partial charge is 0.262 e. The number of anilines is 2. The predicted octanol–water partition coefficient (Wildman–Crippen LogP) is 3.03. The van der Waals surface area contributed by atoms with Gasteiger partial charge < -0.3 is 4.90 Å². The lowest BCUT2D eigenvalue weighted by Gasteiger charge is -2.28. The molecule has 0 aliphatic carbocycles. The summed E-state index contributed by atoms with van der Waals surface area (Å²) in [6.07, 6.45) is 4.73. The minimum absolute atomic E-state index is 0.0366.